The SMILES string of the molecule is CC(CCCO)NC(CC(F)(F)F)c1ccccc1. The quantitative estimate of drug-likeness (QED) is 0.799. The molecule has 0 aliphatic rings. The van der Waals surface area contributed by atoms with Crippen LogP contribution in [0.1, 0.15) is 37.8 Å². The zero-order chi connectivity index (χ0) is 14.3. The third kappa shape index (κ3) is 6.59. The highest BCUT2D eigenvalue weighted by molar-refractivity contribution is 5.19. The van der Waals surface area contributed by atoms with E-state index >= 15 is 0 Å². The molecule has 0 fully saturated rings. The Morgan fingerprint density at radius 2 is 1.84 bits per heavy atom. The molecule has 1 aromatic carbocycles. The molecule has 0 amide bonds. The topological polar surface area (TPSA) is 32.3 Å². The standard InChI is InChI=1S/C14H20F3NO/c1-11(6-5-9-19)18-13(10-14(15,16)17)12-7-3-2-4-8-12/h2-4,7-8,11,13,18-19H,5-6,9-10H2,1H3. The van der Waals surface area contributed by atoms with Crippen molar-refractivity contribution in [1.29, 1.82) is 0 Å². The van der Waals surface area contributed by atoms with Crippen LogP contribution in [0.2, 0.25) is 0 Å². The average molecular weight is 275 g/mol. The second-order valence-electron chi connectivity index (χ2n) is 4.72. The van der Waals surface area contributed by atoms with Crippen LogP contribution in [0.25, 0.3) is 0 Å². The van der Waals surface area contributed by atoms with Crippen molar-refractivity contribution in [3.8, 4) is 0 Å². The first-order chi connectivity index (χ1) is 8.92. The largest absolute Gasteiger partial charge is 0.396 e. The first kappa shape index (κ1) is 16.0. The van der Waals surface area contributed by atoms with E-state index in [9.17, 15) is 13.2 Å². The number of hydrogen-bond donors (Lipinski definition) is 2. The van der Waals surface area contributed by atoms with E-state index in [1.54, 1.807) is 30.3 Å². The van der Waals surface area contributed by atoms with E-state index in [1.165, 1.54) is 0 Å². The smallest absolute Gasteiger partial charge is 0.390 e. The van der Waals surface area contributed by atoms with Gasteiger partial charge in [0.1, 0.15) is 0 Å². The number of hydrogen-bond acceptors (Lipinski definition) is 2. The molecule has 2 atom stereocenters. The predicted molar refractivity (Wildman–Crippen MR) is 68.8 cm³/mol. The molecule has 0 saturated heterocycles. The Morgan fingerprint density at radius 1 is 1.21 bits per heavy atom. The molecule has 1 aromatic rings. The molecule has 2 unspecified atom stereocenters. The first-order valence-corrected chi connectivity index (χ1v) is 6.41. The number of halogens is 3. The average Bonchev–Trinajstić information content (AvgIpc) is 2.35. The fraction of sp³-hybridized carbons (Fsp3) is 0.571. The van der Waals surface area contributed by atoms with Crippen LogP contribution >= 0.6 is 0 Å². The van der Waals surface area contributed by atoms with Gasteiger partial charge in [0.05, 0.1) is 6.42 Å². The van der Waals surface area contributed by atoms with Gasteiger partial charge >= 0.3 is 6.18 Å². The van der Waals surface area contributed by atoms with Gasteiger partial charge in [0.15, 0.2) is 0 Å². The lowest BCUT2D eigenvalue weighted by Gasteiger charge is -2.24. The summed E-state index contributed by atoms with van der Waals surface area (Å²) < 4.78 is 37.8. The Labute approximate surface area is 111 Å². The lowest BCUT2D eigenvalue weighted by Crippen LogP contribution is -2.33. The Hall–Kier alpha value is -1.07. The summed E-state index contributed by atoms with van der Waals surface area (Å²) in [6.07, 6.45) is -3.86. The molecule has 0 aromatic heterocycles. The van der Waals surface area contributed by atoms with Crippen LogP contribution in [-0.4, -0.2) is 23.9 Å². The van der Waals surface area contributed by atoms with Crippen molar-refractivity contribution < 1.29 is 18.3 Å². The van der Waals surface area contributed by atoms with Gasteiger partial charge in [-0.2, -0.15) is 13.2 Å². The van der Waals surface area contributed by atoms with Gasteiger partial charge in [-0.1, -0.05) is 30.3 Å². The highest BCUT2D eigenvalue weighted by atomic mass is 19.4. The maximum atomic E-state index is 12.6. The Kier molecular flexibility index (Phi) is 6.31. The molecule has 19 heavy (non-hydrogen) atoms. The Morgan fingerprint density at radius 3 is 2.37 bits per heavy atom. The van der Waals surface area contributed by atoms with Gasteiger partial charge in [0.25, 0.3) is 0 Å². The number of nitrogens with one attached hydrogen (secondary N) is 1. The van der Waals surface area contributed by atoms with Gasteiger partial charge in [-0.15, -0.1) is 0 Å². The van der Waals surface area contributed by atoms with Crippen molar-refractivity contribution in [3.63, 3.8) is 0 Å². The molecule has 0 saturated carbocycles. The van der Waals surface area contributed by atoms with Crippen LogP contribution in [0.4, 0.5) is 13.2 Å². The fourth-order valence-corrected chi connectivity index (χ4v) is 2.01. The third-order valence-electron chi connectivity index (χ3n) is 2.92. The number of aliphatic hydroxyl groups excluding tert-OH is 1. The number of alkyl halides is 3. The number of benzene rings is 1. The molecule has 0 aliphatic heterocycles. The van der Waals surface area contributed by atoms with Crippen molar-refractivity contribution in [2.45, 2.75) is 44.4 Å². The van der Waals surface area contributed by atoms with Crippen LogP contribution in [0.5, 0.6) is 0 Å². The van der Waals surface area contributed by atoms with Gasteiger partial charge < -0.3 is 10.4 Å². The van der Waals surface area contributed by atoms with Crippen LogP contribution in [0, 0.1) is 0 Å². The van der Waals surface area contributed by atoms with E-state index in [4.69, 9.17) is 5.11 Å². The summed E-state index contributed by atoms with van der Waals surface area (Å²) in [5.41, 5.74) is 0.635. The maximum Gasteiger partial charge on any atom is 0.390 e. The number of rotatable bonds is 7. The zero-order valence-electron chi connectivity index (χ0n) is 11.0. The van der Waals surface area contributed by atoms with Gasteiger partial charge in [-0.05, 0) is 25.3 Å². The van der Waals surface area contributed by atoms with Gasteiger partial charge in [-0.3, -0.25) is 0 Å². The molecule has 2 N–H and O–H groups in total. The normalized spacial score (nSPS) is 15.2. The predicted octanol–water partition coefficient (Wildman–Crippen LogP) is 3.43. The molecule has 0 bridgehead atoms. The maximum absolute atomic E-state index is 12.6. The molecule has 0 radical (unpaired) electrons. The summed E-state index contributed by atoms with van der Waals surface area (Å²) in [6.45, 7) is 1.89. The highest BCUT2D eigenvalue weighted by Crippen LogP contribution is 2.30. The summed E-state index contributed by atoms with van der Waals surface area (Å²) in [6, 6.07) is 7.83. The minimum atomic E-state index is -4.20. The summed E-state index contributed by atoms with van der Waals surface area (Å²) in [4.78, 5) is 0. The van der Waals surface area contributed by atoms with Crippen molar-refractivity contribution in [2.75, 3.05) is 6.61 Å². The second-order valence-corrected chi connectivity index (χ2v) is 4.72. The fourth-order valence-electron chi connectivity index (χ4n) is 2.01. The van der Waals surface area contributed by atoms with Crippen molar-refractivity contribution in [1.82, 2.24) is 5.32 Å². The lowest BCUT2D eigenvalue weighted by molar-refractivity contribution is -0.140. The first-order valence-electron chi connectivity index (χ1n) is 6.41. The van der Waals surface area contributed by atoms with Gasteiger partial charge in [-0.25, -0.2) is 0 Å². The summed E-state index contributed by atoms with van der Waals surface area (Å²) >= 11 is 0. The van der Waals surface area contributed by atoms with Gasteiger partial charge in [0, 0.05) is 18.7 Å². The van der Waals surface area contributed by atoms with E-state index in [1.807, 2.05) is 6.92 Å². The number of aliphatic hydroxyl groups is 1. The molecule has 1 rings (SSSR count). The molecule has 5 heteroatoms. The van der Waals surface area contributed by atoms with E-state index in [0.717, 1.165) is 0 Å². The van der Waals surface area contributed by atoms with Crippen LogP contribution in [0.15, 0.2) is 30.3 Å². The minimum Gasteiger partial charge on any atom is -0.396 e. The molecule has 0 spiro atoms. The monoisotopic (exact) mass is 275 g/mol. The molecule has 2 nitrogen and oxygen atoms in total. The summed E-state index contributed by atoms with van der Waals surface area (Å²) in [5, 5.41) is 11.7. The van der Waals surface area contributed by atoms with Crippen LogP contribution < -0.4 is 5.32 Å². The lowest BCUT2D eigenvalue weighted by atomic mass is 10.0. The van der Waals surface area contributed by atoms with Crippen molar-refractivity contribution >= 4 is 0 Å². The van der Waals surface area contributed by atoms with E-state index in [2.05, 4.69) is 5.32 Å². The zero-order valence-corrected chi connectivity index (χ0v) is 11.0. The molecule has 0 aliphatic carbocycles. The molecule has 108 valence electrons. The summed E-state index contributed by atoms with van der Waals surface area (Å²) in [7, 11) is 0. The highest BCUT2D eigenvalue weighted by Gasteiger charge is 2.32. The minimum absolute atomic E-state index is 0.0568. The molecular formula is C14H20F3NO. The van der Waals surface area contributed by atoms with Crippen molar-refractivity contribution in [2.24, 2.45) is 0 Å². The third-order valence-corrected chi connectivity index (χ3v) is 2.92. The molecule has 0 heterocycles. The molecular weight excluding hydrogens is 255 g/mol. The van der Waals surface area contributed by atoms with E-state index in [0.29, 0.717) is 18.4 Å². The summed E-state index contributed by atoms with van der Waals surface area (Å²) in [5.74, 6) is 0. The van der Waals surface area contributed by atoms with E-state index < -0.39 is 18.6 Å². The van der Waals surface area contributed by atoms with Crippen molar-refractivity contribution in [3.05, 3.63) is 35.9 Å². The second kappa shape index (κ2) is 7.50. The Bertz CT molecular complexity index is 353. The van der Waals surface area contributed by atoms with E-state index in [-0.39, 0.29) is 12.6 Å². The van der Waals surface area contributed by atoms with Crippen LogP contribution in [0.3, 0.4) is 0 Å². The Balaban J connectivity index is 2.70. The van der Waals surface area contributed by atoms with Crippen LogP contribution in [-0.2, 0) is 0 Å². The van der Waals surface area contributed by atoms with Gasteiger partial charge in [0.2, 0.25) is 0 Å².